The second kappa shape index (κ2) is 8.74. The Bertz CT molecular complexity index is 787. The van der Waals surface area contributed by atoms with Gasteiger partial charge >= 0.3 is 5.97 Å². The van der Waals surface area contributed by atoms with Crippen LogP contribution >= 0.6 is 11.3 Å². The number of nitrogens with zero attached hydrogens (tertiary/aromatic N) is 1. The minimum absolute atomic E-state index is 0.211. The molecule has 1 amide bonds. The van der Waals surface area contributed by atoms with Crippen LogP contribution in [0.25, 0.3) is 0 Å². The van der Waals surface area contributed by atoms with E-state index in [1.807, 2.05) is 31.4 Å². The van der Waals surface area contributed by atoms with Crippen molar-refractivity contribution in [3.8, 4) is 0 Å². The Balaban J connectivity index is 1.54. The molecule has 27 heavy (non-hydrogen) atoms. The number of carbonyl (C=O) groups is 2. The molecule has 1 aliphatic carbocycles. The highest BCUT2D eigenvalue weighted by molar-refractivity contribution is 7.09. The van der Waals surface area contributed by atoms with Crippen LogP contribution in [0.4, 0.5) is 0 Å². The Morgan fingerprint density at radius 3 is 2.67 bits per heavy atom. The predicted octanol–water partition coefficient (Wildman–Crippen LogP) is 4.07. The van der Waals surface area contributed by atoms with E-state index >= 15 is 0 Å². The third kappa shape index (κ3) is 5.01. The number of hydrogen-bond acceptors (Lipinski definition) is 4. The molecule has 3 rings (SSSR count). The summed E-state index contributed by atoms with van der Waals surface area (Å²) in [6.07, 6.45) is 4.29. The van der Waals surface area contributed by atoms with Gasteiger partial charge in [0.25, 0.3) is 5.91 Å². The van der Waals surface area contributed by atoms with Gasteiger partial charge in [-0.05, 0) is 63.0 Å². The normalized spacial score (nSPS) is 19.7. The number of rotatable bonds is 6. The Labute approximate surface area is 164 Å². The van der Waals surface area contributed by atoms with Crippen LogP contribution in [0.2, 0.25) is 0 Å². The third-order valence-electron chi connectivity index (χ3n) is 5.40. The Hall–Kier alpha value is -2.08. The maximum atomic E-state index is 12.5. The number of amides is 1. The Morgan fingerprint density at radius 2 is 2.00 bits per heavy atom. The maximum absolute atomic E-state index is 12.5. The van der Waals surface area contributed by atoms with Crippen molar-refractivity contribution in [2.45, 2.75) is 59.0 Å². The molecule has 1 saturated carbocycles. The van der Waals surface area contributed by atoms with Gasteiger partial charge in [-0.3, -0.25) is 4.79 Å². The molecule has 0 atom stereocenters. The second-order valence-corrected chi connectivity index (χ2v) is 8.58. The van der Waals surface area contributed by atoms with E-state index in [1.165, 1.54) is 4.88 Å². The highest BCUT2D eigenvalue weighted by Gasteiger charge is 2.22. The van der Waals surface area contributed by atoms with Crippen LogP contribution in [0.15, 0.2) is 23.6 Å². The first-order valence-corrected chi connectivity index (χ1v) is 10.5. The number of aromatic nitrogens is 1. The molecule has 1 aliphatic rings. The van der Waals surface area contributed by atoms with Crippen LogP contribution in [-0.4, -0.2) is 29.1 Å². The van der Waals surface area contributed by atoms with Gasteiger partial charge in [-0.15, -0.1) is 11.3 Å². The summed E-state index contributed by atoms with van der Waals surface area (Å²) in [4.78, 5) is 25.8. The molecule has 0 saturated heterocycles. The van der Waals surface area contributed by atoms with Crippen LogP contribution in [0, 0.1) is 19.8 Å². The fraction of sp³-hybridized carbons (Fsp3) is 0.524. The molecule has 0 aromatic carbocycles. The first kappa shape index (κ1) is 19.7. The number of hydrogen-bond donors (Lipinski definition) is 1. The zero-order valence-electron chi connectivity index (χ0n) is 16.3. The lowest BCUT2D eigenvalue weighted by molar-refractivity contribution is -0.125. The van der Waals surface area contributed by atoms with Gasteiger partial charge in [0.05, 0.1) is 12.1 Å². The lowest BCUT2D eigenvalue weighted by Crippen LogP contribution is -2.39. The first-order valence-electron chi connectivity index (χ1n) is 9.59. The quantitative estimate of drug-likeness (QED) is 0.759. The fourth-order valence-electron chi connectivity index (χ4n) is 3.69. The van der Waals surface area contributed by atoms with Gasteiger partial charge in [0, 0.05) is 22.3 Å². The van der Waals surface area contributed by atoms with Gasteiger partial charge in [0.2, 0.25) is 0 Å². The average molecular weight is 389 g/mol. The predicted molar refractivity (Wildman–Crippen MR) is 107 cm³/mol. The average Bonchev–Trinajstić information content (AvgIpc) is 3.25. The second-order valence-electron chi connectivity index (χ2n) is 7.55. The van der Waals surface area contributed by atoms with E-state index in [0.29, 0.717) is 5.56 Å². The highest BCUT2D eigenvalue weighted by Crippen LogP contribution is 2.23. The van der Waals surface area contributed by atoms with Crippen LogP contribution < -0.4 is 5.32 Å². The molecule has 6 heteroatoms. The van der Waals surface area contributed by atoms with Crippen LogP contribution in [0.3, 0.4) is 0 Å². The zero-order chi connectivity index (χ0) is 19.4. The van der Waals surface area contributed by atoms with Gasteiger partial charge < -0.3 is 14.6 Å². The number of ether oxygens (including phenoxy) is 1. The molecule has 1 N–H and O–H groups in total. The van der Waals surface area contributed by atoms with Crippen molar-refractivity contribution in [2.75, 3.05) is 6.61 Å². The molecule has 0 aliphatic heterocycles. The highest BCUT2D eigenvalue weighted by atomic mass is 32.1. The van der Waals surface area contributed by atoms with Gasteiger partial charge in [0.15, 0.2) is 6.61 Å². The molecule has 0 bridgehead atoms. The molecule has 0 spiro atoms. The number of aryl methyl sites for hydroxylation is 1. The topological polar surface area (TPSA) is 60.3 Å². The number of carbonyl (C=O) groups excluding carboxylic acids is 2. The van der Waals surface area contributed by atoms with E-state index in [4.69, 9.17) is 4.74 Å². The summed E-state index contributed by atoms with van der Waals surface area (Å²) in [5.41, 5.74) is 2.41. The van der Waals surface area contributed by atoms with Crippen LogP contribution in [0.1, 0.15) is 59.2 Å². The first-order chi connectivity index (χ1) is 12.9. The van der Waals surface area contributed by atoms with Crippen molar-refractivity contribution in [3.63, 3.8) is 0 Å². The summed E-state index contributed by atoms with van der Waals surface area (Å²) >= 11 is 1.69. The standard InChI is InChI=1S/C21H28N2O3S/c1-14-6-8-17(9-7-14)22-20(24)13-26-21(25)19-11-15(2)23(16(19)3)12-18-5-4-10-27-18/h4-5,10-11,14,17H,6-9,12-13H2,1-3H3,(H,22,24). The molecule has 0 unspecified atom stereocenters. The van der Waals surface area contributed by atoms with E-state index in [0.717, 1.165) is 49.5 Å². The summed E-state index contributed by atoms with van der Waals surface area (Å²) in [6.45, 7) is 6.66. The minimum Gasteiger partial charge on any atom is -0.452 e. The van der Waals surface area contributed by atoms with Crippen molar-refractivity contribution in [3.05, 3.63) is 45.4 Å². The minimum atomic E-state index is -0.437. The summed E-state index contributed by atoms with van der Waals surface area (Å²) in [5, 5.41) is 5.03. The molecular weight excluding hydrogens is 360 g/mol. The molecule has 2 heterocycles. The van der Waals surface area contributed by atoms with Crippen molar-refractivity contribution in [1.82, 2.24) is 9.88 Å². The number of thiophene rings is 1. The third-order valence-corrected chi connectivity index (χ3v) is 6.26. The molecule has 2 aromatic heterocycles. The fourth-order valence-corrected chi connectivity index (χ4v) is 4.38. The van der Waals surface area contributed by atoms with Gasteiger partial charge in [-0.1, -0.05) is 13.0 Å². The lowest BCUT2D eigenvalue weighted by atomic mass is 9.87. The molecular formula is C21H28N2O3S. The van der Waals surface area contributed by atoms with Crippen LogP contribution in [-0.2, 0) is 16.1 Å². The zero-order valence-corrected chi connectivity index (χ0v) is 17.1. The largest absolute Gasteiger partial charge is 0.452 e. The Kier molecular flexibility index (Phi) is 6.37. The van der Waals surface area contributed by atoms with Crippen molar-refractivity contribution < 1.29 is 14.3 Å². The lowest BCUT2D eigenvalue weighted by Gasteiger charge is -2.26. The summed E-state index contributed by atoms with van der Waals surface area (Å²) in [6, 6.07) is 6.15. The Morgan fingerprint density at radius 1 is 1.26 bits per heavy atom. The smallest absolute Gasteiger partial charge is 0.340 e. The van der Waals surface area contributed by atoms with Crippen molar-refractivity contribution in [1.29, 1.82) is 0 Å². The van der Waals surface area contributed by atoms with E-state index in [1.54, 1.807) is 11.3 Å². The molecule has 1 fully saturated rings. The van der Waals surface area contributed by atoms with Gasteiger partial charge in [-0.25, -0.2) is 4.79 Å². The monoisotopic (exact) mass is 388 g/mol. The van der Waals surface area contributed by atoms with Crippen LogP contribution in [0.5, 0.6) is 0 Å². The van der Waals surface area contributed by atoms with Crippen molar-refractivity contribution >= 4 is 23.2 Å². The summed E-state index contributed by atoms with van der Waals surface area (Å²) in [7, 11) is 0. The van der Waals surface area contributed by atoms with E-state index in [-0.39, 0.29) is 18.6 Å². The summed E-state index contributed by atoms with van der Waals surface area (Å²) in [5.74, 6) is 0.0867. The SMILES string of the molecule is Cc1cc(C(=O)OCC(=O)NC2CCC(C)CC2)c(C)n1Cc1cccs1. The number of nitrogens with one attached hydrogen (secondary N) is 1. The van der Waals surface area contributed by atoms with E-state index < -0.39 is 5.97 Å². The summed E-state index contributed by atoms with van der Waals surface area (Å²) < 4.78 is 7.38. The maximum Gasteiger partial charge on any atom is 0.340 e. The van der Waals surface area contributed by atoms with E-state index in [9.17, 15) is 9.59 Å². The van der Waals surface area contributed by atoms with Gasteiger partial charge in [-0.2, -0.15) is 0 Å². The van der Waals surface area contributed by atoms with E-state index in [2.05, 4.69) is 22.9 Å². The number of esters is 1. The molecule has 146 valence electrons. The molecule has 2 aromatic rings. The molecule has 0 radical (unpaired) electrons. The molecule has 5 nitrogen and oxygen atoms in total. The van der Waals surface area contributed by atoms with Gasteiger partial charge in [0.1, 0.15) is 0 Å². The van der Waals surface area contributed by atoms with Crippen molar-refractivity contribution in [2.24, 2.45) is 5.92 Å².